The number of carbonyl (C=O) groups is 1. The van der Waals surface area contributed by atoms with Gasteiger partial charge in [0.25, 0.3) is 0 Å². The molecule has 0 saturated carbocycles. The zero-order valence-corrected chi connectivity index (χ0v) is 7.95. The van der Waals surface area contributed by atoms with E-state index in [0.29, 0.717) is 18.1 Å². The predicted octanol–water partition coefficient (Wildman–Crippen LogP) is -0.482. The molecule has 0 bridgehead atoms. The van der Waals surface area contributed by atoms with Crippen molar-refractivity contribution >= 4 is 17.5 Å². The number of anilines is 2. The fourth-order valence-corrected chi connectivity index (χ4v) is 1.10. The molecule has 1 aromatic heterocycles. The van der Waals surface area contributed by atoms with E-state index in [0.717, 1.165) is 5.56 Å². The third-order valence-corrected chi connectivity index (χ3v) is 1.76. The van der Waals surface area contributed by atoms with Gasteiger partial charge in [-0.25, -0.2) is 9.97 Å². The van der Waals surface area contributed by atoms with E-state index in [-0.39, 0.29) is 6.54 Å². The van der Waals surface area contributed by atoms with Gasteiger partial charge < -0.3 is 16.8 Å². The average molecular weight is 195 g/mol. The summed E-state index contributed by atoms with van der Waals surface area (Å²) in [5.41, 5.74) is 11.4. The van der Waals surface area contributed by atoms with Crippen LogP contribution >= 0.6 is 0 Å². The Labute approximate surface area is 81.7 Å². The number of amides is 1. The number of primary amides is 1. The molecule has 0 spiro atoms. The molecule has 1 rings (SSSR count). The highest BCUT2D eigenvalue weighted by Gasteiger charge is 2.06. The van der Waals surface area contributed by atoms with Crippen LogP contribution in [0.3, 0.4) is 0 Å². The Kier molecular flexibility index (Phi) is 3.22. The number of rotatable bonds is 4. The van der Waals surface area contributed by atoms with Gasteiger partial charge in [-0.3, -0.25) is 4.79 Å². The molecule has 1 heterocycles. The molecule has 1 aromatic rings. The van der Waals surface area contributed by atoms with Gasteiger partial charge in [0, 0.05) is 5.56 Å². The van der Waals surface area contributed by atoms with Crippen molar-refractivity contribution in [3.63, 3.8) is 0 Å². The van der Waals surface area contributed by atoms with Crippen molar-refractivity contribution in [2.24, 2.45) is 5.73 Å². The first-order valence-electron chi connectivity index (χ1n) is 4.26. The molecule has 0 aliphatic rings. The molecular weight excluding hydrogens is 182 g/mol. The fourth-order valence-electron chi connectivity index (χ4n) is 1.10. The third kappa shape index (κ3) is 2.32. The lowest BCUT2D eigenvalue weighted by Gasteiger charge is -2.09. The topological polar surface area (TPSA) is 107 Å². The van der Waals surface area contributed by atoms with Gasteiger partial charge in [-0.05, 0) is 6.42 Å². The Bertz CT molecular complexity index is 339. The van der Waals surface area contributed by atoms with Crippen LogP contribution < -0.4 is 16.8 Å². The Morgan fingerprint density at radius 1 is 1.57 bits per heavy atom. The van der Waals surface area contributed by atoms with E-state index < -0.39 is 5.91 Å². The molecule has 5 N–H and O–H groups in total. The van der Waals surface area contributed by atoms with Crippen LogP contribution in [0, 0.1) is 0 Å². The Balaban J connectivity index is 2.85. The molecule has 0 radical (unpaired) electrons. The molecule has 6 heteroatoms. The van der Waals surface area contributed by atoms with E-state index in [1.165, 1.54) is 6.33 Å². The lowest BCUT2D eigenvalue weighted by molar-refractivity contribution is -0.116. The maximum absolute atomic E-state index is 10.5. The highest BCUT2D eigenvalue weighted by molar-refractivity contribution is 5.78. The normalized spacial score (nSPS) is 9.79. The standard InChI is InChI=1S/C8H13N5O/c1-2-5-7(10)12-4-13-8(5)11-3-6(9)14/h4H,2-3H2,1H3,(H2,9,14)(H3,10,11,12,13). The molecule has 76 valence electrons. The van der Waals surface area contributed by atoms with Crippen LogP contribution in [0.1, 0.15) is 12.5 Å². The van der Waals surface area contributed by atoms with Gasteiger partial charge in [-0.1, -0.05) is 6.92 Å². The number of carbonyl (C=O) groups excluding carboxylic acids is 1. The summed E-state index contributed by atoms with van der Waals surface area (Å²) in [7, 11) is 0. The van der Waals surface area contributed by atoms with Gasteiger partial charge in [0.2, 0.25) is 5.91 Å². The maximum atomic E-state index is 10.5. The second-order valence-corrected chi connectivity index (χ2v) is 2.76. The number of nitrogen functional groups attached to an aromatic ring is 1. The van der Waals surface area contributed by atoms with Crippen molar-refractivity contribution < 1.29 is 4.79 Å². The lowest BCUT2D eigenvalue weighted by Crippen LogP contribution is -2.23. The number of nitrogens with zero attached hydrogens (tertiary/aromatic N) is 2. The first-order valence-corrected chi connectivity index (χ1v) is 4.26. The van der Waals surface area contributed by atoms with Crippen LogP contribution in [0.25, 0.3) is 0 Å². The molecule has 0 unspecified atom stereocenters. The Hall–Kier alpha value is -1.85. The number of hydrogen-bond acceptors (Lipinski definition) is 5. The first-order chi connectivity index (χ1) is 6.65. The van der Waals surface area contributed by atoms with E-state index in [2.05, 4.69) is 15.3 Å². The summed E-state index contributed by atoms with van der Waals surface area (Å²) in [4.78, 5) is 18.4. The van der Waals surface area contributed by atoms with Crippen molar-refractivity contribution in [1.29, 1.82) is 0 Å². The number of nitrogens with one attached hydrogen (secondary N) is 1. The van der Waals surface area contributed by atoms with Gasteiger partial charge in [-0.2, -0.15) is 0 Å². The van der Waals surface area contributed by atoms with E-state index in [1.807, 2.05) is 6.92 Å². The second-order valence-electron chi connectivity index (χ2n) is 2.76. The summed E-state index contributed by atoms with van der Waals surface area (Å²) in [6, 6.07) is 0. The molecule has 6 nitrogen and oxygen atoms in total. The van der Waals surface area contributed by atoms with Crippen molar-refractivity contribution in [3.05, 3.63) is 11.9 Å². The summed E-state index contributed by atoms with van der Waals surface area (Å²) < 4.78 is 0. The van der Waals surface area contributed by atoms with Crippen molar-refractivity contribution in [2.75, 3.05) is 17.6 Å². The predicted molar refractivity (Wildman–Crippen MR) is 53.5 cm³/mol. The zero-order valence-electron chi connectivity index (χ0n) is 7.95. The third-order valence-electron chi connectivity index (χ3n) is 1.76. The number of aromatic nitrogens is 2. The minimum atomic E-state index is -0.441. The smallest absolute Gasteiger partial charge is 0.236 e. The number of hydrogen-bond donors (Lipinski definition) is 3. The largest absolute Gasteiger partial charge is 0.383 e. The molecular formula is C8H13N5O. The van der Waals surface area contributed by atoms with E-state index in [9.17, 15) is 4.79 Å². The minimum absolute atomic E-state index is 0.0451. The van der Waals surface area contributed by atoms with E-state index in [1.54, 1.807) is 0 Å². The maximum Gasteiger partial charge on any atom is 0.236 e. The molecule has 0 aliphatic heterocycles. The van der Waals surface area contributed by atoms with E-state index >= 15 is 0 Å². The quantitative estimate of drug-likeness (QED) is 0.601. The highest BCUT2D eigenvalue weighted by atomic mass is 16.1. The number of nitrogens with two attached hydrogens (primary N) is 2. The van der Waals surface area contributed by atoms with Gasteiger partial charge in [0.1, 0.15) is 18.0 Å². The highest BCUT2D eigenvalue weighted by Crippen LogP contribution is 2.16. The summed E-state index contributed by atoms with van der Waals surface area (Å²) in [6.07, 6.45) is 2.05. The minimum Gasteiger partial charge on any atom is -0.383 e. The molecule has 0 aliphatic carbocycles. The van der Waals surface area contributed by atoms with Crippen LogP contribution in [0.5, 0.6) is 0 Å². The van der Waals surface area contributed by atoms with Crippen LogP contribution in [0.15, 0.2) is 6.33 Å². The van der Waals surface area contributed by atoms with Crippen molar-refractivity contribution in [1.82, 2.24) is 9.97 Å². The molecule has 0 atom stereocenters. The van der Waals surface area contributed by atoms with Crippen LogP contribution in [0.2, 0.25) is 0 Å². The van der Waals surface area contributed by atoms with Crippen molar-refractivity contribution in [2.45, 2.75) is 13.3 Å². The Morgan fingerprint density at radius 3 is 2.86 bits per heavy atom. The Morgan fingerprint density at radius 2 is 2.29 bits per heavy atom. The van der Waals surface area contributed by atoms with Gasteiger partial charge >= 0.3 is 0 Å². The molecule has 14 heavy (non-hydrogen) atoms. The van der Waals surface area contributed by atoms with E-state index in [4.69, 9.17) is 11.5 Å². The monoisotopic (exact) mass is 195 g/mol. The lowest BCUT2D eigenvalue weighted by atomic mass is 10.2. The second kappa shape index (κ2) is 4.40. The summed E-state index contributed by atoms with van der Waals surface area (Å²) in [5, 5.41) is 2.80. The molecule has 0 fully saturated rings. The summed E-state index contributed by atoms with van der Waals surface area (Å²) in [5.74, 6) is 0.553. The summed E-state index contributed by atoms with van der Waals surface area (Å²) in [6.45, 7) is 1.98. The van der Waals surface area contributed by atoms with Gasteiger partial charge in [0.05, 0.1) is 6.54 Å². The SMILES string of the molecule is CCc1c(N)ncnc1NCC(N)=O. The summed E-state index contributed by atoms with van der Waals surface area (Å²) >= 11 is 0. The van der Waals surface area contributed by atoms with Gasteiger partial charge in [-0.15, -0.1) is 0 Å². The molecule has 0 aromatic carbocycles. The molecule has 0 saturated heterocycles. The van der Waals surface area contributed by atoms with Crippen molar-refractivity contribution in [3.8, 4) is 0 Å². The van der Waals surface area contributed by atoms with Crippen LogP contribution in [-0.4, -0.2) is 22.4 Å². The molecule has 1 amide bonds. The van der Waals surface area contributed by atoms with Crippen LogP contribution in [-0.2, 0) is 11.2 Å². The van der Waals surface area contributed by atoms with Crippen LogP contribution in [0.4, 0.5) is 11.6 Å². The zero-order chi connectivity index (χ0) is 10.6. The average Bonchev–Trinajstić information content (AvgIpc) is 2.14. The fraction of sp³-hybridized carbons (Fsp3) is 0.375. The van der Waals surface area contributed by atoms with Gasteiger partial charge in [0.15, 0.2) is 0 Å². The first kappa shape index (κ1) is 10.2.